The van der Waals surface area contributed by atoms with Crippen LogP contribution in [0.3, 0.4) is 0 Å². The van der Waals surface area contributed by atoms with Gasteiger partial charge in [-0.1, -0.05) is 30.6 Å². The van der Waals surface area contributed by atoms with Crippen LogP contribution in [-0.4, -0.2) is 41.2 Å². The van der Waals surface area contributed by atoms with Gasteiger partial charge in [-0.2, -0.15) is 26.3 Å². The number of allylic oxidation sites excluding steroid dienone is 1. The summed E-state index contributed by atoms with van der Waals surface area (Å²) in [6.07, 6.45) is -4.48. The number of anilines is 1. The van der Waals surface area contributed by atoms with Crippen LogP contribution in [0.1, 0.15) is 66.1 Å². The zero-order valence-electron chi connectivity index (χ0n) is 27.0. The van der Waals surface area contributed by atoms with E-state index in [1.54, 1.807) is 0 Å². The molecule has 2 amide bonds. The van der Waals surface area contributed by atoms with Crippen LogP contribution in [0, 0.1) is 35.3 Å². The van der Waals surface area contributed by atoms with Gasteiger partial charge in [0.2, 0.25) is 11.8 Å². The summed E-state index contributed by atoms with van der Waals surface area (Å²) in [5.41, 5.74) is -2.19. The highest BCUT2D eigenvalue weighted by atomic mass is 19.4. The van der Waals surface area contributed by atoms with E-state index < -0.39 is 65.0 Å². The van der Waals surface area contributed by atoms with Crippen molar-refractivity contribution in [1.82, 2.24) is 10.3 Å². The second-order valence-corrected chi connectivity index (χ2v) is 13.2. The monoisotopic (exact) mass is 723 g/mol. The first-order chi connectivity index (χ1) is 24.1. The van der Waals surface area contributed by atoms with Gasteiger partial charge in [-0.25, -0.2) is 13.8 Å². The van der Waals surface area contributed by atoms with Crippen molar-refractivity contribution in [2.75, 3.05) is 12.4 Å². The SMILES string of the molecule is COc1ncc(-c2cc([C@H](O)C(F)(F)F)ccc2F)cc1C(=O)N[C@H]1[C@@H](C(=O)Nc2ccc(F)c(C(F)(F)F)c2)[C@H]2CC[C@@H]1/C2=C\C1CCCC1. The summed E-state index contributed by atoms with van der Waals surface area (Å²) in [5, 5.41) is 15.1. The molecule has 1 heterocycles. The maximum absolute atomic E-state index is 14.9. The van der Waals surface area contributed by atoms with Gasteiger partial charge in [-0.05, 0) is 79.5 Å². The molecular weight excluding hydrogens is 690 g/mol. The van der Waals surface area contributed by atoms with Gasteiger partial charge >= 0.3 is 12.4 Å². The lowest BCUT2D eigenvalue weighted by atomic mass is 9.83. The van der Waals surface area contributed by atoms with Crippen molar-refractivity contribution >= 4 is 17.5 Å². The van der Waals surface area contributed by atoms with E-state index in [4.69, 9.17) is 4.74 Å². The van der Waals surface area contributed by atoms with Crippen LogP contribution in [0.2, 0.25) is 0 Å². The highest BCUT2D eigenvalue weighted by molar-refractivity contribution is 5.99. The van der Waals surface area contributed by atoms with Gasteiger partial charge in [0.25, 0.3) is 5.91 Å². The number of benzene rings is 2. The number of halogens is 8. The standard InChI is InChI=1S/C36H33F8N3O4/c1-51-34-25(14-19(16-45-34)23-13-18(6-10-27(23)37)31(48)36(42,43)44)32(49)47-30-22-9-8-21(24(22)12-17-4-2-3-5-17)29(30)33(50)46-20-7-11-28(38)26(15-20)35(39,40)41/h6-7,10-17,21-22,29-31,48H,2-5,8-9H2,1H3,(H,46,50)(H,47,49)/b24-12-/t21-,22+,29-,30+,31-/m0/s1. The highest BCUT2D eigenvalue weighted by Crippen LogP contribution is 2.54. The molecule has 1 aromatic heterocycles. The maximum Gasteiger partial charge on any atom is 0.419 e. The van der Waals surface area contributed by atoms with Gasteiger partial charge < -0.3 is 20.5 Å². The van der Waals surface area contributed by atoms with Gasteiger partial charge in [0.1, 0.15) is 17.2 Å². The summed E-state index contributed by atoms with van der Waals surface area (Å²) in [6.45, 7) is 0. The van der Waals surface area contributed by atoms with Crippen LogP contribution in [0.5, 0.6) is 5.88 Å². The molecule has 5 atom stereocenters. The van der Waals surface area contributed by atoms with Crippen molar-refractivity contribution < 1.29 is 54.6 Å². The quantitative estimate of drug-likeness (QED) is 0.161. The molecule has 0 spiro atoms. The van der Waals surface area contributed by atoms with Crippen LogP contribution in [0.4, 0.5) is 40.8 Å². The lowest BCUT2D eigenvalue weighted by Crippen LogP contribution is -2.48. The molecule has 3 aromatic rings. The third kappa shape index (κ3) is 7.30. The van der Waals surface area contributed by atoms with Crippen LogP contribution >= 0.6 is 0 Å². The Morgan fingerprint density at radius 1 is 0.941 bits per heavy atom. The smallest absolute Gasteiger partial charge is 0.419 e. The summed E-state index contributed by atoms with van der Waals surface area (Å²) >= 11 is 0. The normalized spacial score (nSPS) is 23.5. The topological polar surface area (TPSA) is 101 Å². The van der Waals surface area contributed by atoms with Gasteiger partial charge in [0.15, 0.2) is 6.10 Å². The largest absolute Gasteiger partial charge is 0.480 e. The van der Waals surface area contributed by atoms with Crippen molar-refractivity contribution in [3.8, 4) is 17.0 Å². The maximum atomic E-state index is 14.9. The summed E-state index contributed by atoms with van der Waals surface area (Å²) in [5.74, 6) is -5.43. The van der Waals surface area contributed by atoms with E-state index in [2.05, 4.69) is 21.7 Å². The Hall–Kier alpha value is -4.53. The van der Waals surface area contributed by atoms with E-state index in [0.717, 1.165) is 67.8 Å². The van der Waals surface area contributed by atoms with Crippen LogP contribution < -0.4 is 15.4 Å². The minimum Gasteiger partial charge on any atom is -0.480 e. The number of carbonyl (C=O) groups excluding carboxylic acids is 2. The lowest BCUT2D eigenvalue weighted by molar-refractivity contribution is -0.206. The molecule has 3 aliphatic rings. The van der Waals surface area contributed by atoms with Crippen molar-refractivity contribution in [3.63, 3.8) is 0 Å². The molecule has 272 valence electrons. The molecule has 6 rings (SSSR count). The fraction of sp³-hybridized carbons (Fsp3) is 0.417. The fourth-order valence-electron chi connectivity index (χ4n) is 7.74. The molecule has 3 aliphatic carbocycles. The van der Waals surface area contributed by atoms with Gasteiger partial charge in [0, 0.05) is 35.0 Å². The number of fused-ring (bicyclic) bond motifs is 2. The van der Waals surface area contributed by atoms with E-state index >= 15 is 0 Å². The van der Waals surface area contributed by atoms with Crippen molar-refractivity contribution in [2.24, 2.45) is 23.7 Å². The number of methoxy groups -OCH3 is 1. The van der Waals surface area contributed by atoms with E-state index in [9.17, 15) is 49.8 Å². The Bertz CT molecular complexity index is 1850. The minimum absolute atomic E-state index is 0.101. The molecule has 51 heavy (non-hydrogen) atoms. The molecule has 0 saturated heterocycles. The average Bonchev–Trinajstić information content (AvgIpc) is 3.81. The number of hydrogen-bond acceptors (Lipinski definition) is 5. The molecule has 3 saturated carbocycles. The molecule has 2 bridgehead atoms. The van der Waals surface area contributed by atoms with E-state index in [1.165, 1.54) is 7.11 Å². The van der Waals surface area contributed by atoms with Crippen molar-refractivity contribution in [3.05, 3.63) is 88.6 Å². The molecule has 0 radical (unpaired) electrons. The predicted octanol–water partition coefficient (Wildman–Crippen LogP) is 8.16. The number of carbonyl (C=O) groups is 2. The number of nitrogens with one attached hydrogen (secondary N) is 2. The van der Waals surface area contributed by atoms with Crippen molar-refractivity contribution in [2.45, 2.75) is 63.0 Å². The summed E-state index contributed by atoms with van der Waals surface area (Å²) < 4.78 is 114. The second-order valence-electron chi connectivity index (χ2n) is 13.2. The number of aliphatic hydroxyl groups excluding tert-OH is 1. The molecule has 15 heteroatoms. The summed E-state index contributed by atoms with van der Waals surface area (Å²) in [4.78, 5) is 31.9. The number of rotatable bonds is 8. The molecule has 3 N–H and O–H groups in total. The first-order valence-corrected chi connectivity index (χ1v) is 16.4. The van der Waals surface area contributed by atoms with Gasteiger partial charge in [-0.3, -0.25) is 9.59 Å². The van der Waals surface area contributed by atoms with Crippen molar-refractivity contribution in [1.29, 1.82) is 0 Å². The number of amides is 2. The Kier molecular flexibility index (Phi) is 9.87. The number of pyridine rings is 1. The van der Waals surface area contributed by atoms with E-state index in [1.807, 2.05) is 0 Å². The number of nitrogens with zero attached hydrogens (tertiary/aromatic N) is 1. The minimum atomic E-state index is -5.02. The summed E-state index contributed by atoms with van der Waals surface area (Å²) in [7, 11) is 1.22. The summed E-state index contributed by atoms with van der Waals surface area (Å²) in [6, 6.07) is 4.79. The third-order valence-corrected chi connectivity index (χ3v) is 10.1. The zero-order chi connectivity index (χ0) is 36.8. The lowest BCUT2D eigenvalue weighted by Gasteiger charge is -2.30. The number of alkyl halides is 6. The zero-order valence-corrected chi connectivity index (χ0v) is 27.0. The fourth-order valence-corrected chi connectivity index (χ4v) is 7.74. The molecule has 3 fully saturated rings. The Balaban J connectivity index is 1.33. The second kappa shape index (κ2) is 13.9. The molecule has 2 aromatic carbocycles. The van der Waals surface area contributed by atoms with E-state index in [-0.39, 0.29) is 46.0 Å². The number of aliphatic hydroxyl groups is 1. The molecule has 7 nitrogen and oxygen atoms in total. The predicted molar refractivity (Wildman–Crippen MR) is 168 cm³/mol. The average molecular weight is 724 g/mol. The molecule has 0 aliphatic heterocycles. The first-order valence-electron chi connectivity index (χ1n) is 16.4. The van der Waals surface area contributed by atoms with Gasteiger partial charge in [0.05, 0.1) is 18.6 Å². The Morgan fingerprint density at radius 3 is 2.29 bits per heavy atom. The van der Waals surface area contributed by atoms with Crippen LogP contribution in [0.25, 0.3) is 11.1 Å². The Morgan fingerprint density at radius 2 is 1.63 bits per heavy atom. The first kappa shape index (κ1) is 36.3. The van der Waals surface area contributed by atoms with Crippen LogP contribution in [-0.2, 0) is 11.0 Å². The van der Waals surface area contributed by atoms with Gasteiger partial charge in [-0.15, -0.1) is 0 Å². The van der Waals surface area contributed by atoms with Crippen LogP contribution in [0.15, 0.2) is 60.3 Å². The number of hydrogen-bond donors (Lipinski definition) is 3. The third-order valence-electron chi connectivity index (χ3n) is 10.1. The molecular formula is C36H33F8N3O4. The van der Waals surface area contributed by atoms with E-state index in [0.29, 0.717) is 25.0 Å². The number of aromatic nitrogens is 1. The number of ether oxygens (including phenoxy) is 1. The highest BCUT2D eigenvalue weighted by Gasteiger charge is 2.55. The molecule has 0 unspecified atom stereocenters. The Labute approximate surface area is 287 Å².